The Morgan fingerprint density at radius 2 is 2.20 bits per heavy atom. The molecule has 1 aromatic heterocycles. The van der Waals surface area contributed by atoms with Gasteiger partial charge in [-0.3, -0.25) is 0 Å². The van der Waals surface area contributed by atoms with Gasteiger partial charge in [0.1, 0.15) is 0 Å². The van der Waals surface area contributed by atoms with Gasteiger partial charge in [0.05, 0.1) is 22.9 Å². The van der Waals surface area contributed by atoms with Crippen molar-refractivity contribution in [2.45, 2.75) is 56.6 Å². The minimum Gasteiger partial charge on any atom is -0.375 e. The summed E-state index contributed by atoms with van der Waals surface area (Å²) in [7, 11) is 0. The molecule has 1 unspecified atom stereocenters. The summed E-state index contributed by atoms with van der Waals surface area (Å²) in [5.41, 5.74) is -0.0472. The molecule has 110 valence electrons. The van der Waals surface area contributed by atoms with E-state index in [0.29, 0.717) is 6.61 Å². The highest BCUT2D eigenvalue weighted by Gasteiger charge is 2.40. The molecule has 0 radical (unpaired) electrons. The number of ether oxygens (including phenoxy) is 1. The van der Waals surface area contributed by atoms with E-state index in [1.807, 2.05) is 0 Å². The zero-order valence-corrected chi connectivity index (χ0v) is 12.0. The molecular formula is C13H18ClN3O3. The Bertz CT molecular complexity index is 505. The van der Waals surface area contributed by atoms with E-state index in [-0.39, 0.29) is 22.5 Å². The van der Waals surface area contributed by atoms with E-state index < -0.39 is 4.92 Å². The first kappa shape index (κ1) is 13.8. The van der Waals surface area contributed by atoms with Gasteiger partial charge in [-0.15, -0.1) is 0 Å². The monoisotopic (exact) mass is 299 g/mol. The topological polar surface area (TPSA) is 70.2 Å². The minimum atomic E-state index is -0.533. The van der Waals surface area contributed by atoms with Crippen LogP contribution in [0.4, 0.5) is 5.82 Å². The van der Waals surface area contributed by atoms with Crippen molar-refractivity contribution in [2.24, 2.45) is 0 Å². The van der Waals surface area contributed by atoms with Crippen molar-refractivity contribution in [3.05, 3.63) is 21.3 Å². The molecule has 0 amide bonds. The number of hydrogen-bond acceptors (Lipinski definition) is 4. The smallest absolute Gasteiger partial charge is 0.375 e. The molecule has 7 heteroatoms. The Morgan fingerprint density at radius 1 is 1.45 bits per heavy atom. The summed E-state index contributed by atoms with van der Waals surface area (Å²) < 4.78 is 7.70. The Hall–Kier alpha value is -1.14. The molecule has 3 rings (SSSR count). The zero-order valence-electron chi connectivity index (χ0n) is 11.3. The Kier molecular flexibility index (Phi) is 3.69. The number of rotatable bonds is 2. The summed E-state index contributed by atoms with van der Waals surface area (Å²) in [5, 5.41) is 15.0. The largest absolute Gasteiger partial charge is 0.408 e. The third-order valence-electron chi connectivity index (χ3n) is 4.45. The van der Waals surface area contributed by atoms with Crippen molar-refractivity contribution in [3.8, 4) is 0 Å². The third kappa shape index (κ3) is 2.54. The van der Waals surface area contributed by atoms with Gasteiger partial charge in [-0.05, 0) is 24.2 Å². The van der Waals surface area contributed by atoms with E-state index in [2.05, 4.69) is 5.10 Å². The number of aromatic nitrogens is 2. The Labute approximate surface area is 122 Å². The molecule has 0 bridgehead atoms. The highest BCUT2D eigenvalue weighted by molar-refractivity contribution is 6.32. The lowest BCUT2D eigenvalue weighted by molar-refractivity contribution is -0.389. The SMILES string of the molecule is O=[N+]([O-])c1nn(C2CCOC3(CCCCC3)C2)cc1Cl. The summed E-state index contributed by atoms with van der Waals surface area (Å²) in [6.45, 7) is 0.690. The van der Waals surface area contributed by atoms with Crippen LogP contribution < -0.4 is 0 Å². The van der Waals surface area contributed by atoms with E-state index >= 15 is 0 Å². The predicted octanol–water partition coefficient (Wildman–Crippen LogP) is 3.50. The van der Waals surface area contributed by atoms with Crippen LogP contribution >= 0.6 is 11.6 Å². The van der Waals surface area contributed by atoms with Crippen LogP contribution in [0.1, 0.15) is 51.0 Å². The first-order chi connectivity index (χ1) is 9.60. The predicted molar refractivity (Wildman–Crippen MR) is 73.9 cm³/mol. The molecule has 1 atom stereocenters. The lowest BCUT2D eigenvalue weighted by Crippen LogP contribution is -2.42. The van der Waals surface area contributed by atoms with Gasteiger partial charge in [0.2, 0.25) is 0 Å². The fourth-order valence-corrected chi connectivity index (χ4v) is 3.65. The molecule has 1 saturated heterocycles. The second-order valence-corrected chi connectivity index (χ2v) is 6.18. The van der Waals surface area contributed by atoms with Crippen molar-refractivity contribution in [2.75, 3.05) is 6.61 Å². The molecule has 6 nitrogen and oxygen atoms in total. The number of nitrogens with zero attached hydrogens (tertiary/aromatic N) is 3. The summed E-state index contributed by atoms with van der Waals surface area (Å²) in [6.07, 6.45) is 9.13. The molecule has 2 aliphatic rings. The van der Waals surface area contributed by atoms with E-state index in [4.69, 9.17) is 16.3 Å². The number of hydrogen-bond donors (Lipinski definition) is 0. The van der Waals surface area contributed by atoms with Crippen LogP contribution in [-0.2, 0) is 4.74 Å². The maximum Gasteiger partial charge on any atom is 0.408 e. The van der Waals surface area contributed by atoms with E-state index in [0.717, 1.165) is 25.7 Å². The number of nitro groups is 1. The average molecular weight is 300 g/mol. The normalized spacial score (nSPS) is 25.8. The maximum atomic E-state index is 10.8. The summed E-state index contributed by atoms with van der Waals surface area (Å²) in [6, 6.07) is 0.146. The fourth-order valence-electron chi connectivity index (χ4n) is 3.44. The summed E-state index contributed by atoms with van der Waals surface area (Å²) >= 11 is 5.88. The van der Waals surface area contributed by atoms with E-state index in [9.17, 15) is 10.1 Å². The van der Waals surface area contributed by atoms with Crippen molar-refractivity contribution in [1.82, 2.24) is 9.78 Å². The zero-order chi connectivity index (χ0) is 14.2. The Balaban J connectivity index is 1.79. The molecule has 20 heavy (non-hydrogen) atoms. The van der Waals surface area contributed by atoms with Gasteiger partial charge in [-0.25, -0.2) is 0 Å². The van der Waals surface area contributed by atoms with Gasteiger partial charge in [0, 0.05) is 13.0 Å². The van der Waals surface area contributed by atoms with Gasteiger partial charge in [-0.2, -0.15) is 4.68 Å². The van der Waals surface area contributed by atoms with E-state index in [1.54, 1.807) is 10.9 Å². The van der Waals surface area contributed by atoms with Crippen LogP contribution in [0.2, 0.25) is 5.02 Å². The summed E-state index contributed by atoms with van der Waals surface area (Å²) in [4.78, 5) is 10.3. The van der Waals surface area contributed by atoms with Gasteiger partial charge >= 0.3 is 5.82 Å². The highest BCUT2D eigenvalue weighted by atomic mass is 35.5. The second kappa shape index (κ2) is 5.33. The van der Waals surface area contributed by atoms with Crippen LogP contribution in [-0.4, -0.2) is 26.9 Å². The van der Waals surface area contributed by atoms with Crippen LogP contribution in [0.15, 0.2) is 6.20 Å². The van der Waals surface area contributed by atoms with Crippen molar-refractivity contribution >= 4 is 17.4 Å². The van der Waals surface area contributed by atoms with Crippen LogP contribution in [0.3, 0.4) is 0 Å². The standard InChI is InChI=1S/C13H18ClN3O3/c14-11-9-16(15-12(11)17(18)19)10-4-7-20-13(8-10)5-2-1-3-6-13/h9-10H,1-8H2. The lowest BCUT2D eigenvalue weighted by Gasteiger charge is -2.42. The molecule has 2 heterocycles. The van der Waals surface area contributed by atoms with Crippen LogP contribution in [0, 0.1) is 10.1 Å². The average Bonchev–Trinajstić information content (AvgIpc) is 2.82. The maximum absolute atomic E-state index is 10.8. The Morgan fingerprint density at radius 3 is 2.85 bits per heavy atom. The molecule has 2 fully saturated rings. The number of halogens is 1. The highest BCUT2D eigenvalue weighted by Crippen LogP contribution is 2.42. The first-order valence-corrected chi connectivity index (χ1v) is 7.50. The minimum absolute atomic E-state index is 0.0472. The molecular weight excluding hydrogens is 282 g/mol. The quantitative estimate of drug-likeness (QED) is 0.619. The molecule has 1 aliphatic heterocycles. The van der Waals surface area contributed by atoms with Crippen molar-refractivity contribution in [1.29, 1.82) is 0 Å². The first-order valence-electron chi connectivity index (χ1n) is 7.13. The third-order valence-corrected chi connectivity index (χ3v) is 4.71. The second-order valence-electron chi connectivity index (χ2n) is 5.78. The van der Waals surface area contributed by atoms with Crippen LogP contribution in [0.25, 0.3) is 0 Å². The van der Waals surface area contributed by atoms with Gasteiger partial charge in [0.25, 0.3) is 0 Å². The van der Waals surface area contributed by atoms with Gasteiger partial charge in [-0.1, -0.05) is 30.9 Å². The molecule has 1 aromatic rings. The molecule has 1 aliphatic carbocycles. The van der Waals surface area contributed by atoms with Crippen LogP contribution in [0.5, 0.6) is 0 Å². The lowest BCUT2D eigenvalue weighted by atomic mass is 9.78. The molecule has 0 N–H and O–H groups in total. The summed E-state index contributed by atoms with van der Waals surface area (Å²) in [5.74, 6) is -0.254. The van der Waals surface area contributed by atoms with Gasteiger partial charge in [0.15, 0.2) is 5.02 Å². The van der Waals surface area contributed by atoms with Crippen molar-refractivity contribution in [3.63, 3.8) is 0 Å². The molecule has 0 aromatic carbocycles. The molecule has 1 spiro atoms. The van der Waals surface area contributed by atoms with Gasteiger partial charge < -0.3 is 14.9 Å². The van der Waals surface area contributed by atoms with E-state index in [1.165, 1.54) is 19.3 Å². The fraction of sp³-hybridized carbons (Fsp3) is 0.769. The molecule has 1 saturated carbocycles. The van der Waals surface area contributed by atoms with Crippen molar-refractivity contribution < 1.29 is 9.66 Å².